The lowest BCUT2D eigenvalue weighted by atomic mass is 10.3. The average Bonchev–Trinajstić information content (AvgIpc) is 2.93. The molecule has 7 heteroatoms. The number of hydrogen-bond donors (Lipinski definition) is 0. The Morgan fingerprint density at radius 2 is 1.96 bits per heavy atom. The number of thiazole rings is 1. The molecule has 2 heterocycles. The molecule has 1 aliphatic heterocycles. The molecule has 1 aliphatic rings. The van der Waals surface area contributed by atoms with Crippen molar-refractivity contribution in [1.82, 2.24) is 9.88 Å². The van der Waals surface area contributed by atoms with Crippen LogP contribution in [0, 0.1) is 19.7 Å². The van der Waals surface area contributed by atoms with Gasteiger partial charge >= 0.3 is 0 Å². The lowest BCUT2D eigenvalue weighted by molar-refractivity contribution is -0.133. The molecular formula is C17H20FN3O2S. The van der Waals surface area contributed by atoms with Gasteiger partial charge in [0.25, 0.3) is 5.91 Å². The second-order valence-corrected chi connectivity index (χ2v) is 6.91. The normalized spacial score (nSPS) is 14.8. The van der Waals surface area contributed by atoms with Crippen molar-refractivity contribution < 1.29 is 13.9 Å². The highest BCUT2D eigenvalue weighted by molar-refractivity contribution is 7.15. The van der Waals surface area contributed by atoms with Crippen LogP contribution in [-0.4, -0.2) is 48.6 Å². The minimum absolute atomic E-state index is 0.109. The largest absolute Gasteiger partial charge is 0.481 e. The van der Waals surface area contributed by atoms with Gasteiger partial charge in [0.05, 0.1) is 5.69 Å². The zero-order valence-corrected chi connectivity index (χ0v) is 14.6. The van der Waals surface area contributed by atoms with E-state index in [0.29, 0.717) is 13.1 Å². The lowest BCUT2D eigenvalue weighted by Crippen LogP contribution is -2.50. The average molecular weight is 349 g/mol. The number of amides is 1. The molecule has 1 fully saturated rings. The molecule has 0 radical (unpaired) electrons. The first-order valence-corrected chi connectivity index (χ1v) is 8.70. The van der Waals surface area contributed by atoms with Crippen LogP contribution in [0.4, 0.5) is 9.52 Å². The molecule has 1 saturated heterocycles. The summed E-state index contributed by atoms with van der Waals surface area (Å²) in [5.41, 5.74) is 1.06. The summed E-state index contributed by atoms with van der Waals surface area (Å²) in [4.78, 5) is 22.0. The number of aromatic nitrogens is 1. The van der Waals surface area contributed by atoms with E-state index in [1.165, 1.54) is 17.0 Å². The number of carbonyl (C=O) groups excluding carboxylic acids is 1. The van der Waals surface area contributed by atoms with Crippen LogP contribution in [0.15, 0.2) is 24.3 Å². The van der Waals surface area contributed by atoms with Gasteiger partial charge in [0.2, 0.25) is 0 Å². The van der Waals surface area contributed by atoms with Crippen molar-refractivity contribution in [1.29, 1.82) is 0 Å². The maximum atomic E-state index is 13.5. The first kappa shape index (κ1) is 16.7. The molecule has 0 saturated carbocycles. The molecule has 1 aromatic heterocycles. The number of benzene rings is 1. The maximum Gasteiger partial charge on any atom is 0.260 e. The van der Waals surface area contributed by atoms with E-state index >= 15 is 0 Å². The second-order valence-electron chi connectivity index (χ2n) is 5.72. The Balaban J connectivity index is 1.51. The van der Waals surface area contributed by atoms with Crippen LogP contribution in [-0.2, 0) is 4.79 Å². The van der Waals surface area contributed by atoms with Gasteiger partial charge in [-0.05, 0) is 26.0 Å². The zero-order chi connectivity index (χ0) is 17.1. The summed E-state index contributed by atoms with van der Waals surface area (Å²) in [5, 5.41) is 1.01. The van der Waals surface area contributed by atoms with E-state index in [1.54, 1.807) is 28.4 Å². The van der Waals surface area contributed by atoms with Crippen molar-refractivity contribution in [3.63, 3.8) is 0 Å². The Hall–Kier alpha value is -2.15. The van der Waals surface area contributed by atoms with Gasteiger partial charge in [-0.25, -0.2) is 9.37 Å². The fourth-order valence-electron chi connectivity index (χ4n) is 2.53. The Morgan fingerprint density at radius 1 is 1.25 bits per heavy atom. The lowest BCUT2D eigenvalue weighted by Gasteiger charge is -2.34. The molecule has 0 atom stereocenters. The topological polar surface area (TPSA) is 45.7 Å². The van der Waals surface area contributed by atoms with E-state index in [1.807, 2.05) is 6.92 Å². The van der Waals surface area contributed by atoms with Gasteiger partial charge < -0.3 is 14.5 Å². The van der Waals surface area contributed by atoms with Gasteiger partial charge in [-0.2, -0.15) is 0 Å². The molecule has 128 valence electrons. The predicted molar refractivity (Wildman–Crippen MR) is 92.3 cm³/mol. The molecule has 5 nitrogen and oxygen atoms in total. The number of hydrogen-bond acceptors (Lipinski definition) is 5. The van der Waals surface area contributed by atoms with E-state index in [4.69, 9.17) is 4.74 Å². The van der Waals surface area contributed by atoms with Crippen LogP contribution in [0.25, 0.3) is 0 Å². The van der Waals surface area contributed by atoms with Crippen LogP contribution in [0.1, 0.15) is 10.6 Å². The molecular weight excluding hydrogens is 329 g/mol. The number of piperazine rings is 1. The van der Waals surface area contributed by atoms with Gasteiger partial charge in [-0.15, -0.1) is 11.3 Å². The minimum atomic E-state index is -0.454. The molecule has 0 unspecified atom stereocenters. The predicted octanol–water partition coefficient (Wildman–Crippen LogP) is 2.63. The van der Waals surface area contributed by atoms with Gasteiger partial charge in [0.15, 0.2) is 23.3 Å². The monoisotopic (exact) mass is 349 g/mol. The number of ether oxygens (including phenoxy) is 1. The van der Waals surface area contributed by atoms with Crippen molar-refractivity contribution in [2.75, 3.05) is 37.7 Å². The third-order valence-corrected chi connectivity index (χ3v) is 5.24. The minimum Gasteiger partial charge on any atom is -0.481 e. The van der Waals surface area contributed by atoms with Crippen LogP contribution < -0.4 is 9.64 Å². The van der Waals surface area contributed by atoms with Crippen LogP contribution >= 0.6 is 11.3 Å². The quantitative estimate of drug-likeness (QED) is 0.851. The fraction of sp³-hybridized carbons (Fsp3) is 0.412. The van der Waals surface area contributed by atoms with Crippen molar-refractivity contribution in [2.24, 2.45) is 0 Å². The summed E-state index contributed by atoms with van der Waals surface area (Å²) in [7, 11) is 0. The SMILES string of the molecule is Cc1nc(N2CCN(C(=O)COc3ccccc3F)CC2)sc1C. The van der Waals surface area contributed by atoms with Crippen molar-refractivity contribution in [3.8, 4) is 5.75 Å². The summed E-state index contributed by atoms with van der Waals surface area (Å²) in [5.74, 6) is -0.466. The van der Waals surface area contributed by atoms with E-state index in [9.17, 15) is 9.18 Å². The first-order valence-electron chi connectivity index (χ1n) is 7.88. The van der Waals surface area contributed by atoms with Crippen molar-refractivity contribution >= 4 is 22.4 Å². The number of nitrogens with zero attached hydrogens (tertiary/aromatic N) is 3. The van der Waals surface area contributed by atoms with Gasteiger partial charge in [0.1, 0.15) is 0 Å². The molecule has 0 bridgehead atoms. The Labute approximate surface area is 144 Å². The number of aryl methyl sites for hydroxylation is 2. The molecule has 0 N–H and O–H groups in total. The van der Waals surface area contributed by atoms with Gasteiger partial charge in [-0.3, -0.25) is 4.79 Å². The summed E-state index contributed by atoms with van der Waals surface area (Å²) in [6.45, 7) is 6.67. The highest BCUT2D eigenvalue weighted by Gasteiger charge is 2.23. The molecule has 2 aromatic rings. The molecule has 1 amide bonds. The standard InChI is InChI=1S/C17H20FN3O2S/c1-12-13(2)24-17(19-12)21-9-7-20(8-10-21)16(22)11-23-15-6-4-3-5-14(15)18/h3-6H,7-11H2,1-2H3. The summed E-state index contributed by atoms with van der Waals surface area (Å²) >= 11 is 1.68. The molecule has 1 aromatic carbocycles. The summed E-state index contributed by atoms with van der Waals surface area (Å²) in [6, 6.07) is 6.11. The zero-order valence-electron chi connectivity index (χ0n) is 13.8. The second kappa shape index (κ2) is 7.17. The Bertz CT molecular complexity index is 707. The van der Waals surface area contributed by atoms with E-state index < -0.39 is 5.82 Å². The highest BCUT2D eigenvalue weighted by atomic mass is 32.1. The van der Waals surface area contributed by atoms with Crippen LogP contribution in [0.5, 0.6) is 5.75 Å². The van der Waals surface area contributed by atoms with E-state index in [0.717, 1.165) is 23.9 Å². The number of carbonyl (C=O) groups is 1. The molecule has 0 aliphatic carbocycles. The van der Waals surface area contributed by atoms with Gasteiger partial charge in [-0.1, -0.05) is 12.1 Å². The molecule has 3 rings (SSSR count). The number of anilines is 1. The number of para-hydroxylation sites is 1. The molecule has 0 spiro atoms. The smallest absolute Gasteiger partial charge is 0.260 e. The van der Waals surface area contributed by atoms with Crippen molar-refractivity contribution in [2.45, 2.75) is 13.8 Å². The van der Waals surface area contributed by atoms with E-state index in [2.05, 4.69) is 16.8 Å². The first-order chi connectivity index (χ1) is 11.5. The molecule has 24 heavy (non-hydrogen) atoms. The maximum absolute atomic E-state index is 13.5. The summed E-state index contributed by atoms with van der Waals surface area (Å²) in [6.07, 6.45) is 0. The van der Waals surface area contributed by atoms with E-state index in [-0.39, 0.29) is 18.3 Å². The fourth-order valence-corrected chi connectivity index (χ4v) is 3.49. The Morgan fingerprint density at radius 3 is 2.58 bits per heavy atom. The van der Waals surface area contributed by atoms with Crippen molar-refractivity contribution in [3.05, 3.63) is 40.7 Å². The number of rotatable bonds is 4. The van der Waals surface area contributed by atoms with Gasteiger partial charge in [0, 0.05) is 31.1 Å². The van der Waals surface area contributed by atoms with Crippen LogP contribution in [0.2, 0.25) is 0 Å². The number of halogens is 1. The third kappa shape index (κ3) is 3.67. The third-order valence-electron chi connectivity index (χ3n) is 4.11. The highest BCUT2D eigenvalue weighted by Crippen LogP contribution is 2.26. The van der Waals surface area contributed by atoms with Crippen LogP contribution in [0.3, 0.4) is 0 Å². The summed E-state index contributed by atoms with van der Waals surface area (Å²) < 4.78 is 18.8. The Kier molecular flexibility index (Phi) is 4.99.